The molecule has 1 aliphatic heterocycles. The van der Waals surface area contributed by atoms with Gasteiger partial charge < -0.3 is 4.74 Å². The summed E-state index contributed by atoms with van der Waals surface area (Å²) >= 11 is 3.02. The van der Waals surface area contributed by atoms with Crippen LogP contribution < -0.4 is 0 Å². The fraction of sp³-hybridized carbons (Fsp3) is 0.667. The van der Waals surface area contributed by atoms with Crippen LogP contribution in [0.2, 0.25) is 0 Å². The Morgan fingerprint density at radius 2 is 2.18 bits per heavy atom. The molecule has 1 saturated heterocycles. The van der Waals surface area contributed by atoms with Gasteiger partial charge in [-0.05, 0) is 15.9 Å². The Balaban J connectivity index is 2.42. The molecule has 0 amide bonds. The summed E-state index contributed by atoms with van der Waals surface area (Å²) in [6.45, 7) is 2.90. The van der Waals surface area contributed by atoms with Crippen LogP contribution in [0.4, 0.5) is 0 Å². The Hall–Kier alpha value is -0.600. The summed E-state index contributed by atoms with van der Waals surface area (Å²) in [5.41, 5.74) is 0. The standard InChI is InChI=1S/C6H8BrN3O/c7-6(5-8)9-10-1-3-11-4-2-10/h1-4H2/b9-6+. The highest BCUT2D eigenvalue weighted by Gasteiger charge is 2.07. The minimum absolute atomic E-state index is 0.319. The number of halogens is 1. The third kappa shape index (κ3) is 2.87. The smallest absolute Gasteiger partial charge is 0.202 e. The Labute approximate surface area is 73.6 Å². The molecule has 0 unspecified atom stereocenters. The van der Waals surface area contributed by atoms with Gasteiger partial charge in [0.2, 0.25) is 4.62 Å². The molecule has 60 valence electrons. The number of hydrazone groups is 1. The van der Waals surface area contributed by atoms with Crippen LogP contribution in [0.5, 0.6) is 0 Å². The average molecular weight is 218 g/mol. The largest absolute Gasteiger partial charge is 0.378 e. The van der Waals surface area contributed by atoms with Crippen molar-refractivity contribution in [3.8, 4) is 6.07 Å². The zero-order chi connectivity index (χ0) is 8.10. The Morgan fingerprint density at radius 1 is 1.55 bits per heavy atom. The molecule has 0 bridgehead atoms. The molecule has 1 aliphatic rings. The van der Waals surface area contributed by atoms with Crippen LogP contribution in [0.1, 0.15) is 0 Å². The van der Waals surface area contributed by atoms with Crippen molar-refractivity contribution < 1.29 is 4.74 Å². The fourth-order valence-electron chi connectivity index (χ4n) is 0.800. The van der Waals surface area contributed by atoms with Crippen LogP contribution in [0.3, 0.4) is 0 Å². The third-order valence-electron chi connectivity index (χ3n) is 1.31. The van der Waals surface area contributed by atoms with Gasteiger partial charge in [0.25, 0.3) is 0 Å². The predicted molar refractivity (Wildman–Crippen MR) is 44.4 cm³/mol. The molecule has 0 aromatic rings. The number of hydrogen-bond donors (Lipinski definition) is 0. The Bertz CT molecular complexity index is 192. The van der Waals surface area contributed by atoms with Crippen molar-refractivity contribution in [3.05, 3.63) is 0 Å². The maximum absolute atomic E-state index is 8.38. The minimum atomic E-state index is 0.319. The van der Waals surface area contributed by atoms with Crippen LogP contribution >= 0.6 is 15.9 Å². The summed E-state index contributed by atoms with van der Waals surface area (Å²) in [4.78, 5) is 0. The second-order valence-corrected chi connectivity index (χ2v) is 2.82. The van der Waals surface area contributed by atoms with Gasteiger partial charge in [0.05, 0.1) is 26.3 Å². The third-order valence-corrected chi connectivity index (χ3v) is 1.64. The first-order chi connectivity index (χ1) is 5.33. The zero-order valence-electron chi connectivity index (χ0n) is 5.96. The van der Waals surface area contributed by atoms with Gasteiger partial charge in [-0.1, -0.05) is 0 Å². The Morgan fingerprint density at radius 3 is 2.73 bits per heavy atom. The molecule has 4 nitrogen and oxygen atoms in total. The molecule has 0 aromatic heterocycles. The van der Waals surface area contributed by atoms with Crippen molar-refractivity contribution >= 4 is 20.6 Å². The van der Waals surface area contributed by atoms with Crippen LogP contribution in [-0.2, 0) is 4.74 Å². The van der Waals surface area contributed by atoms with E-state index in [9.17, 15) is 0 Å². The normalized spacial score (nSPS) is 19.6. The molecule has 0 N–H and O–H groups in total. The van der Waals surface area contributed by atoms with Crippen LogP contribution in [-0.4, -0.2) is 35.9 Å². The summed E-state index contributed by atoms with van der Waals surface area (Å²) in [6.07, 6.45) is 0. The van der Waals surface area contributed by atoms with Crippen molar-refractivity contribution in [2.75, 3.05) is 26.3 Å². The van der Waals surface area contributed by atoms with Crippen LogP contribution in [0, 0.1) is 11.3 Å². The Kier molecular flexibility index (Phi) is 3.33. The number of hydrogen-bond acceptors (Lipinski definition) is 4. The number of morpholine rings is 1. The van der Waals surface area contributed by atoms with Crippen molar-refractivity contribution in [1.29, 1.82) is 5.26 Å². The first-order valence-corrected chi connectivity index (χ1v) is 4.09. The minimum Gasteiger partial charge on any atom is -0.378 e. The summed E-state index contributed by atoms with van der Waals surface area (Å²) in [6, 6.07) is 1.90. The van der Waals surface area contributed by atoms with Gasteiger partial charge in [-0.2, -0.15) is 10.4 Å². The summed E-state index contributed by atoms with van der Waals surface area (Å²) < 4.78 is 5.42. The first kappa shape index (κ1) is 8.50. The van der Waals surface area contributed by atoms with Crippen molar-refractivity contribution in [2.45, 2.75) is 0 Å². The molecular formula is C6H8BrN3O. The fourth-order valence-corrected chi connectivity index (χ4v) is 1.02. The van der Waals surface area contributed by atoms with Gasteiger partial charge in [-0.3, -0.25) is 5.01 Å². The molecule has 1 heterocycles. The van der Waals surface area contributed by atoms with Crippen molar-refractivity contribution in [2.24, 2.45) is 5.10 Å². The number of ether oxygens (including phenoxy) is 1. The predicted octanol–water partition coefficient (Wildman–Crippen LogP) is 0.551. The molecule has 0 aromatic carbocycles. The van der Waals surface area contributed by atoms with E-state index < -0.39 is 0 Å². The van der Waals surface area contributed by atoms with Gasteiger partial charge in [-0.25, -0.2) is 0 Å². The quantitative estimate of drug-likeness (QED) is 0.604. The highest BCUT2D eigenvalue weighted by Crippen LogP contribution is 1.99. The average Bonchev–Trinajstić information content (AvgIpc) is 2.06. The summed E-state index contributed by atoms with van der Waals surface area (Å²) in [7, 11) is 0. The van der Waals surface area contributed by atoms with E-state index in [0.29, 0.717) is 17.8 Å². The van der Waals surface area contributed by atoms with E-state index in [1.807, 2.05) is 11.1 Å². The van der Waals surface area contributed by atoms with E-state index in [0.717, 1.165) is 13.1 Å². The van der Waals surface area contributed by atoms with Gasteiger partial charge in [-0.15, -0.1) is 0 Å². The van der Waals surface area contributed by atoms with E-state index in [1.54, 1.807) is 0 Å². The lowest BCUT2D eigenvalue weighted by Gasteiger charge is -2.23. The van der Waals surface area contributed by atoms with E-state index in [-0.39, 0.29) is 0 Å². The molecule has 1 rings (SSSR count). The highest BCUT2D eigenvalue weighted by molar-refractivity contribution is 9.18. The molecule has 11 heavy (non-hydrogen) atoms. The molecule has 0 atom stereocenters. The first-order valence-electron chi connectivity index (χ1n) is 3.30. The molecule has 1 fully saturated rings. The van der Waals surface area contributed by atoms with E-state index in [2.05, 4.69) is 21.0 Å². The van der Waals surface area contributed by atoms with Crippen molar-refractivity contribution in [3.63, 3.8) is 0 Å². The van der Waals surface area contributed by atoms with Crippen molar-refractivity contribution in [1.82, 2.24) is 5.01 Å². The van der Waals surface area contributed by atoms with E-state index >= 15 is 0 Å². The molecule has 0 saturated carbocycles. The highest BCUT2D eigenvalue weighted by atomic mass is 79.9. The summed E-state index contributed by atoms with van der Waals surface area (Å²) in [5.74, 6) is 0. The molecular weight excluding hydrogens is 210 g/mol. The van der Waals surface area contributed by atoms with E-state index in [1.165, 1.54) is 0 Å². The summed E-state index contributed by atoms with van der Waals surface area (Å²) in [5, 5.41) is 14.2. The molecule has 0 radical (unpaired) electrons. The van der Waals surface area contributed by atoms with E-state index in [4.69, 9.17) is 10.00 Å². The van der Waals surface area contributed by atoms with Crippen LogP contribution in [0.25, 0.3) is 0 Å². The molecule has 5 heteroatoms. The zero-order valence-corrected chi connectivity index (χ0v) is 7.54. The molecule has 0 spiro atoms. The second-order valence-electron chi connectivity index (χ2n) is 2.07. The van der Waals surface area contributed by atoms with Gasteiger partial charge in [0.15, 0.2) is 0 Å². The lowest BCUT2D eigenvalue weighted by atomic mass is 10.5. The number of rotatable bonds is 1. The number of nitriles is 1. The maximum Gasteiger partial charge on any atom is 0.202 e. The number of nitrogens with zero attached hydrogens (tertiary/aromatic N) is 3. The lowest BCUT2D eigenvalue weighted by molar-refractivity contribution is 0.0396. The van der Waals surface area contributed by atoms with Crippen LogP contribution in [0.15, 0.2) is 5.10 Å². The second kappa shape index (κ2) is 4.31. The monoisotopic (exact) mass is 217 g/mol. The SMILES string of the molecule is N#C/C(Br)=N\N1CCOCC1. The molecule has 0 aliphatic carbocycles. The van der Waals surface area contributed by atoms with Gasteiger partial charge in [0.1, 0.15) is 6.07 Å². The maximum atomic E-state index is 8.38. The van der Waals surface area contributed by atoms with Gasteiger partial charge in [0, 0.05) is 0 Å². The topological polar surface area (TPSA) is 48.6 Å². The van der Waals surface area contributed by atoms with Gasteiger partial charge >= 0.3 is 0 Å². The lowest BCUT2D eigenvalue weighted by Crippen LogP contribution is -2.32.